The van der Waals surface area contributed by atoms with Crippen LogP contribution >= 0.6 is 0 Å². The lowest BCUT2D eigenvalue weighted by Crippen LogP contribution is -2.36. The van der Waals surface area contributed by atoms with E-state index in [0.29, 0.717) is 25.2 Å². The van der Waals surface area contributed by atoms with Gasteiger partial charge in [0, 0.05) is 37.5 Å². The van der Waals surface area contributed by atoms with E-state index in [9.17, 15) is 14.0 Å². The van der Waals surface area contributed by atoms with Crippen molar-refractivity contribution in [1.82, 2.24) is 10.2 Å². The van der Waals surface area contributed by atoms with Gasteiger partial charge in [-0.05, 0) is 48.2 Å². The lowest BCUT2D eigenvalue weighted by molar-refractivity contribution is -0.121. The molecule has 3 aromatic carbocycles. The number of rotatable bonds is 11. The maximum atomic E-state index is 13.2. The van der Waals surface area contributed by atoms with Crippen molar-refractivity contribution >= 4 is 11.8 Å². The van der Waals surface area contributed by atoms with Gasteiger partial charge in [0.1, 0.15) is 5.82 Å². The number of carbonyl (C=O) groups excluding carboxylic acids is 2. The summed E-state index contributed by atoms with van der Waals surface area (Å²) in [5.41, 5.74) is 2.87. The molecule has 0 unspecified atom stereocenters. The van der Waals surface area contributed by atoms with Gasteiger partial charge < -0.3 is 10.2 Å². The summed E-state index contributed by atoms with van der Waals surface area (Å²) in [5.74, 6) is -0.442. The molecular weight excluding hydrogens is 415 g/mol. The first-order valence-electron chi connectivity index (χ1n) is 11.5. The number of carbonyl (C=O) groups is 2. The molecule has 0 atom stereocenters. The van der Waals surface area contributed by atoms with E-state index in [1.54, 1.807) is 4.90 Å². The molecule has 4 nitrogen and oxygen atoms in total. The zero-order chi connectivity index (χ0) is 23.5. The summed E-state index contributed by atoms with van der Waals surface area (Å²) in [6.45, 7) is 3.41. The largest absolute Gasteiger partial charge is 0.356 e. The van der Waals surface area contributed by atoms with Gasteiger partial charge in [0.15, 0.2) is 0 Å². The smallest absolute Gasteiger partial charge is 0.253 e. The minimum absolute atomic E-state index is 0.0807. The highest BCUT2D eigenvalue weighted by Gasteiger charge is 2.17. The molecule has 1 N–H and O–H groups in total. The number of halogens is 1. The molecule has 0 aliphatic carbocycles. The topological polar surface area (TPSA) is 49.4 Å². The molecule has 0 radical (unpaired) electrons. The number of amides is 2. The van der Waals surface area contributed by atoms with Crippen molar-refractivity contribution in [1.29, 1.82) is 0 Å². The van der Waals surface area contributed by atoms with E-state index >= 15 is 0 Å². The Morgan fingerprint density at radius 2 is 1.42 bits per heavy atom. The first-order chi connectivity index (χ1) is 16.1. The zero-order valence-electron chi connectivity index (χ0n) is 19.0. The van der Waals surface area contributed by atoms with Gasteiger partial charge in [0.05, 0.1) is 0 Å². The van der Waals surface area contributed by atoms with Crippen molar-refractivity contribution < 1.29 is 14.0 Å². The summed E-state index contributed by atoms with van der Waals surface area (Å²) in [4.78, 5) is 26.9. The third-order valence-electron chi connectivity index (χ3n) is 5.64. The van der Waals surface area contributed by atoms with Crippen LogP contribution < -0.4 is 5.32 Å². The highest BCUT2D eigenvalue weighted by molar-refractivity contribution is 5.94. The van der Waals surface area contributed by atoms with Crippen LogP contribution in [0, 0.1) is 5.82 Å². The van der Waals surface area contributed by atoms with Crippen LogP contribution in [0.15, 0.2) is 84.9 Å². The number of nitrogens with zero attached hydrogens (tertiary/aromatic N) is 1. The fourth-order valence-electron chi connectivity index (χ4n) is 3.94. The van der Waals surface area contributed by atoms with Gasteiger partial charge in [0.2, 0.25) is 5.91 Å². The summed E-state index contributed by atoms with van der Waals surface area (Å²) in [6, 6.07) is 26.1. The Morgan fingerprint density at radius 1 is 0.848 bits per heavy atom. The molecule has 0 saturated carbocycles. The maximum absolute atomic E-state index is 13.2. The molecule has 3 rings (SSSR count). The first kappa shape index (κ1) is 24.2. The predicted octanol–water partition coefficient (Wildman–Crippen LogP) is 5.41. The summed E-state index contributed by atoms with van der Waals surface area (Å²) >= 11 is 0. The van der Waals surface area contributed by atoms with E-state index in [1.807, 2.05) is 43.3 Å². The highest BCUT2D eigenvalue weighted by atomic mass is 19.1. The van der Waals surface area contributed by atoms with Crippen LogP contribution in [-0.2, 0) is 4.79 Å². The first-order valence-corrected chi connectivity index (χ1v) is 11.5. The Labute approximate surface area is 195 Å². The van der Waals surface area contributed by atoms with Gasteiger partial charge >= 0.3 is 0 Å². The standard InChI is InChI=1S/C28H31FN2O2/c1-2-20-31(28(33)24-13-15-25(29)16-14-24)21-18-27(32)30-19-17-26(22-9-5-3-6-10-22)23-11-7-4-8-12-23/h3-16,26H,2,17-21H2,1H3,(H,30,32). The lowest BCUT2D eigenvalue weighted by atomic mass is 9.88. The third kappa shape index (κ3) is 7.28. The van der Waals surface area contributed by atoms with Crippen molar-refractivity contribution in [3.8, 4) is 0 Å². The minimum atomic E-state index is -0.378. The normalized spacial score (nSPS) is 10.8. The van der Waals surface area contributed by atoms with Crippen LogP contribution in [0.3, 0.4) is 0 Å². The Bertz CT molecular complexity index is 968. The second-order valence-corrected chi connectivity index (χ2v) is 8.06. The van der Waals surface area contributed by atoms with E-state index in [2.05, 4.69) is 29.6 Å². The van der Waals surface area contributed by atoms with Crippen LogP contribution in [0.5, 0.6) is 0 Å². The molecule has 0 saturated heterocycles. The number of hydrogen-bond donors (Lipinski definition) is 1. The van der Waals surface area contributed by atoms with Crippen LogP contribution in [0.1, 0.15) is 53.6 Å². The Kier molecular flexibility index (Phi) is 9.19. The molecule has 172 valence electrons. The summed E-state index contributed by atoms with van der Waals surface area (Å²) in [6.07, 6.45) is 1.80. The third-order valence-corrected chi connectivity index (χ3v) is 5.64. The molecular formula is C28H31FN2O2. The molecule has 0 aliphatic heterocycles. The van der Waals surface area contributed by atoms with Crippen LogP contribution in [0.4, 0.5) is 4.39 Å². The Morgan fingerprint density at radius 3 is 1.97 bits per heavy atom. The minimum Gasteiger partial charge on any atom is -0.356 e. The van der Waals surface area contributed by atoms with Crippen molar-refractivity contribution in [3.63, 3.8) is 0 Å². The highest BCUT2D eigenvalue weighted by Crippen LogP contribution is 2.27. The average molecular weight is 447 g/mol. The SMILES string of the molecule is CCCN(CCC(=O)NCCC(c1ccccc1)c1ccccc1)C(=O)c1ccc(F)cc1. The molecule has 5 heteroatoms. The number of nitrogens with one attached hydrogen (secondary N) is 1. The van der Waals surface area contributed by atoms with Gasteiger partial charge in [-0.3, -0.25) is 9.59 Å². The number of hydrogen-bond acceptors (Lipinski definition) is 2. The fraction of sp³-hybridized carbons (Fsp3) is 0.286. The van der Waals surface area contributed by atoms with Gasteiger partial charge in [-0.25, -0.2) is 4.39 Å². The molecule has 0 heterocycles. The van der Waals surface area contributed by atoms with Crippen LogP contribution in [0.2, 0.25) is 0 Å². The Balaban J connectivity index is 1.53. The second-order valence-electron chi connectivity index (χ2n) is 8.06. The summed E-state index contributed by atoms with van der Waals surface area (Å²) < 4.78 is 13.2. The maximum Gasteiger partial charge on any atom is 0.253 e. The van der Waals surface area contributed by atoms with Crippen molar-refractivity contribution in [2.45, 2.75) is 32.1 Å². The van der Waals surface area contributed by atoms with Crippen LogP contribution in [0.25, 0.3) is 0 Å². The molecule has 33 heavy (non-hydrogen) atoms. The van der Waals surface area contributed by atoms with E-state index in [4.69, 9.17) is 0 Å². The average Bonchev–Trinajstić information content (AvgIpc) is 2.85. The zero-order valence-corrected chi connectivity index (χ0v) is 19.0. The molecule has 0 spiro atoms. The van der Waals surface area contributed by atoms with Gasteiger partial charge in [-0.1, -0.05) is 67.6 Å². The summed E-state index contributed by atoms with van der Waals surface area (Å²) in [7, 11) is 0. The molecule has 0 aromatic heterocycles. The quantitative estimate of drug-likeness (QED) is 0.428. The lowest BCUT2D eigenvalue weighted by Gasteiger charge is -2.22. The molecule has 0 aliphatic rings. The van der Waals surface area contributed by atoms with E-state index < -0.39 is 0 Å². The summed E-state index contributed by atoms with van der Waals surface area (Å²) in [5, 5.41) is 3.01. The van der Waals surface area contributed by atoms with Crippen molar-refractivity contribution in [3.05, 3.63) is 107 Å². The Hall–Kier alpha value is -3.47. The van der Waals surface area contributed by atoms with Gasteiger partial charge in [-0.2, -0.15) is 0 Å². The molecule has 0 fully saturated rings. The van der Waals surface area contributed by atoms with Gasteiger partial charge in [0.25, 0.3) is 5.91 Å². The second kappa shape index (κ2) is 12.5. The monoisotopic (exact) mass is 446 g/mol. The number of benzene rings is 3. The van der Waals surface area contributed by atoms with Crippen LogP contribution in [-0.4, -0.2) is 36.3 Å². The fourth-order valence-corrected chi connectivity index (χ4v) is 3.94. The van der Waals surface area contributed by atoms with Crippen molar-refractivity contribution in [2.24, 2.45) is 0 Å². The van der Waals surface area contributed by atoms with E-state index in [-0.39, 0.29) is 30.0 Å². The van der Waals surface area contributed by atoms with E-state index in [1.165, 1.54) is 35.4 Å². The molecule has 0 bridgehead atoms. The molecule has 2 amide bonds. The van der Waals surface area contributed by atoms with Gasteiger partial charge in [-0.15, -0.1) is 0 Å². The molecule has 3 aromatic rings. The van der Waals surface area contributed by atoms with E-state index in [0.717, 1.165) is 12.8 Å². The van der Waals surface area contributed by atoms with Crippen molar-refractivity contribution in [2.75, 3.05) is 19.6 Å². The predicted molar refractivity (Wildman–Crippen MR) is 130 cm³/mol.